The van der Waals surface area contributed by atoms with Gasteiger partial charge in [0.15, 0.2) is 0 Å². The average molecular weight is 434 g/mol. The molecule has 1 unspecified atom stereocenters. The predicted octanol–water partition coefficient (Wildman–Crippen LogP) is 5.38. The van der Waals surface area contributed by atoms with Crippen molar-refractivity contribution in [2.75, 3.05) is 14.2 Å². The molecular formula is C16H16Br2ClNO. The van der Waals surface area contributed by atoms with E-state index in [2.05, 4.69) is 49.3 Å². The summed E-state index contributed by atoms with van der Waals surface area (Å²) in [6, 6.07) is 12.3. The minimum Gasteiger partial charge on any atom is -0.496 e. The lowest BCUT2D eigenvalue weighted by atomic mass is 9.99. The molecule has 0 bridgehead atoms. The molecule has 0 aliphatic rings. The molecule has 0 heterocycles. The average Bonchev–Trinajstić information content (AvgIpc) is 2.45. The smallest absolute Gasteiger partial charge is 0.133 e. The summed E-state index contributed by atoms with van der Waals surface area (Å²) in [5, 5.41) is 4.09. The van der Waals surface area contributed by atoms with Crippen LogP contribution in [0.4, 0.5) is 0 Å². The van der Waals surface area contributed by atoms with E-state index < -0.39 is 0 Å². The van der Waals surface area contributed by atoms with Crippen LogP contribution >= 0.6 is 43.5 Å². The summed E-state index contributed by atoms with van der Waals surface area (Å²) < 4.78 is 7.20. The van der Waals surface area contributed by atoms with Gasteiger partial charge in [0.25, 0.3) is 0 Å². The number of methoxy groups -OCH3 is 1. The van der Waals surface area contributed by atoms with E-state index in [4.69, 9.17) is 16.3 Å². The molecule has 0 aliphatic carbocycles. The molecular weight excluding hydrogens is 417 g/mol. The standard InChI is InChI=1S/C16H16Br2ClNO/c1-20-15(12-5-4-11(17)9-14(12)19)8-10-3-6-16(21-2)13(18)7-10/h3-7,9,15,20H,8H2,1-2H3. The van der Waals surface area contributed by atoms with Gasteiger partial charge in [0.1, 0.15) is 5.75 Å². The van der Waals surface area contributed by atoms with Gasteiger partial charge in [0.2, 0.25) is 0 Å². The molecule has 0 amide bonds. The van der Waals surface area contributed by atoms with Crippen molar-refractivity contribution in [1.29, 1.82) is 0 Å². The third-order valence-electron chi connectivity index (χ3n) is 3.34. The topological polar surface area (TPSA) is 21.3 Å². The number of ether oxygens (including phenoxy) is 1. The van der Waals surface area contributed by atoms with Gasteiger partial charge in [-0.3, -0.25) is 0 Å². The van der Waals surface area contributed by atoms with Gasteiger partial charge < -0.3 is 10.1 Å². The van der Waals surface area contributed by atoms with Crippen LogP contribution in [0.1, 0.15) is 17.2 Å². The first-order valence-electron chi connectivity index (χ1n) is 6.49. The molecule has 0 fully saturated rings. The number of likely N-dealkylation sites (N-methyl/N-ethyl adjacent to an activating group) is 1. The van der Waals surface area contributed by atoms with Gasteiger partial charge >= 0.3 is 0 Å². The van der Waals surface area contributed by atoms with Gasteiger partial charge in [0.05, 0.1) is 11.6 Å². The van der Waals surface area contributed by atoms with Crippen molar-refractivity contribution in [1.82, 2.24) is 5.32 Å². The van der Waals surface area contributed by atoms with Crippen LogP contribution in [0.2, 0.25) is 5.02 Å². The molecule has 1 N–H and O–H groups in total. The molecule has 0 saturated heterocycles. The summed E-state index contributed by atoms with van der Waals surface area (Å²) in [4.78, 5) is 0. The van der Waals surface area contributed by atoms with Crippen LogP contribution in [-0.2, 0) is 6.42 Å². The van der Waals surface area contributed by atoms with E-state index in [-0.39, 0.29) is 6.04 Å². The summed E-state index contributed by atoms with van der Waals surface area (Å²) in [6.07, 6.45) is 0.848. The van der Waals surface area contributed by atoms with E-state index in [0.717, 1.165) is 31.7 Å². The van der Waals surface area contributed by atoms with E-state index in [1.807, 2.05) is 31.3 Å². The van der Waals surface area contributed by atoms with E-state index in [0.29, 0.717) is 0 Å². The molecule has 2 nitrogen and oxygen atoms in total. The minimum absolute atomic E-state index is 0.158. The molecule has 0 saturated carbocycles. The Labute approximate surface area is 147 Å². The van der Waals surface area contributed by atoms with Crippen LogP contribution in [0.15, 0.2) is 45.3 Å². The van der Waals surface area contributed by atoms with Crippen molar-refractivity contribution in [3.05, 3.63) is 61.5 Å². The summed E-state index contributed by atoms with van der Waals surface area (Å²) in [6.45, 7) is 0. The normalized spacial score (nSPS) is 12.2. The Kier molecular flexibility index (Phi) is 6.11. The molecule has 2 rings (SSSR count). The summed E-state index contributed by atoms with van der Waals surface area (Å²) in [5.74, 6) is 0.835. The quantitative estimate of drug-likeness (QED) is 0.684. The van der Waals surface area contributed by atoms with Crippen molar-refractivity contribution in [3.8, 4) is 5.75 Å². The van der Waals surface area contributed by atoms with Crippen LogP contribution in [-0.4, -0.2) is 14.2 Å². The second kappa shape index (κ2) is 7.63. The maximum absolute atomic E-state index is 6.35. The Hall–Kier alpha value is -0.550. The van der Waals surface area contributed by atoms with Crippen LogP contribution in [0, 0.1) is 0 Å². The highest BCUT2D eigenvalue weighted by Crippen LogP contribution is 2.31. The Morgan fingerprint density at radius 2 is 1.95 bits per heavy atom. The molecule has 1 atom stereocenters. The third kappa shape index (κ3) is 4.22. The van der Waals surface area contributed by atoms with E-state index in [9.17, 15) is 0 Å². The van der Waals surface area contributed by atoms with Crippen molar-refractivity contribution in [2.24, 2.45) is 0 Å². The highest BCUT2D eigenvalue weighted by molar-refractivity contribution is 9.10. The Morgan fingerprint density at radius 1 is 1.19 bits per heavy atom. The monoisotopic (exact) mass is 431 g/mol. The van der Waals surface area contributed by atoms with Crippen LogP contribution in [0.3, 0.4) is 0 Å². The second-order valence-corrected chi connectivity index (χ2v) is 6.86. The van der Waals surface area contributed by atoms with Crippen LogP contribution < -0.4 is 10.1 Å². The SMILES string of the molecule is CNC(Cc1ccc(OC)c(Br)c1)c1ccc(Br)cc1Cl. The Morgan fingerprint density at radius 3 is 2.52 bits per heavy atom. The van der Waals surface area contributed by atoms with Gasteiger partial charge in [-0.25, -0.2) is 0 Å². The van der Waals surface area contributed by atoms with Crippen molar-refractivity contribution in [3.63, 3.8) is 0 Å². The molecule has 2 aromatic rings. The maximum Gasteiger partial charge on any atom is 0.133 e. The van der Waals surface area contributed by atoms with Gasteiger partial charge in [-0.1, -0.05) is 39.7 Å². The zero-order chi connectivity index (χ0) is 15.4. The first-order valence-corrected chi connectivity index (χ1v) is 8.46. The zero-order valence-electron chi connectivity index (χ0n) is 11.8. The predicted molar refractivity (Wildman–Crippen MR) is 95.4 cm³/mol. The Balaban J connectivity index is 2.24. The first-order chi connectivity index (χ1) is 10.0. The third-order valence-corrected chi connectivity index (χ3v) is 4.78. The zero-order valence-corrected chi connectivity index (χ0v) is 15.7. The summed E-state index contributed by atoms with van der Waals surface area (Å²) in [5.41, 5.74) is 2.30. The number of nitrogens with one attached hydrogen (secondary N) is 1. The van der Waals surface area contributed by atoms with Crippen LogP contribution in [0.25, 0.3) is 0 Å². The van der Waals surface area contributed by atoms with E-state index in [1.165, 1.54) is 5.56 Å². The molecule has 0 radical (unpaired) electrons. The molecule has 0 aromatic heterocycles. The second-order valence-electron chi connectivity index (χ2n) is 4.68. The Bertz CT molecular complexity index is 634. The number of benzene rings is 2. The molecule has 112 valence electrons. The number of hydrogen-bond donors (Lipinski definition) is 1. The van der Waals surface area contributed by atoms with Gasteiger partial charge in [0, 0.05) is 15.5 Å². The van der Waals surface area contributed by atoms with Gasteiger partial charge in [-0.2, -0.15) is 0 Å². The lowest BCUT2D eigenvalue weighted by Crippen LogP contribution is -2.19. The summed E-state index contributed by atoms with van der Waals surface area (Å²) in [7, 11) is 3.61. The molecule has 5 heteroatoms. The number of halogens is 3. The minimum atomic E-state index is 0.158. The molecule has 2 aromatic carbocycles. The molecule has 21 heavy (non-hydrogen) atoms. The van der Waals surface area contributed by atoms with Crippen LogP contribution in [0.5, 0.6) is 5.75 Å². The molecule has 0 spiro atoms. The largest absolute Gasteiger partial charge is 0.496 e. The van der Waals surface area contributed by atoms with Gasteiger partial charge in [-0.05, 0) is 64.8 Å². The fraction of sp³-hybridized carbons (Fsp3) is 0.250. The number of hydrogen-bond acceptors (Lipinski definition) is 2. The van der Waals surface area contributed by atoms with E-state index in [1.54, 1.807) is 7.11 Å². The molecule has 0 aliphatic heterocycles. The number of rotatable bonds is 5. The van der Waals surface area contributed by atoms with Crippen molar-refractivity contribution in [2.45, 2.75) is 12.5 Å². The van der Waals surface area contributed by atoms with Gasteiger partial charge in [-0.15, -0.1) is 0 Å². The highest BCUT2D eigenvalue weighted by atomic mass is 79.9. The fourth-order valence-electron chi connectivity index (χ4n) is 2.22. The van der Waals surface area contributed by atoms with Crippen molar-refractivity contribution < 1.29 is 4.74 Å². The lowest BCUT2D eigenvalue weighted by molar-refractivity contribution is 0.412. The lowest BCUT2D eigenvalue weighted by Gasteiger charge is -2.19. The van der Waals surface area contributed by atoms with E-state index >= 15 is 0 Å². The summed E-state index contributed by atoms with van der Waals surface area (Å²) >= 11 is 13.3. The highest BCUT2D eigenvalue weighted by Gasteiger charge is 2.14. The maximum atomic E-state index is 6.35. The first kappa shape index (κ1) is 16.8. The fourth-order valence-corrected chi connectivity index (χ4v) is 3.62. The van der Waals surface area contributed by atoms with Crippen molar-refractivity contribution >= 4 is 43.5 Å².